The van der Waals surface area contributed by atoms with Crippen molar-refractivity contribution in [3.8, 4) is 11.3 Å². The Balaban J connectivity index is 1.84. The van der Waals surface area contributed by atoms with E-state index >= 15 is 0 Å². The minimum atomic E-state index is 0.536. The van der Waals surface area contributed by atoms with Gasteiger partial charge in [0, 0.05) is 36.4 Å². The van der Waals surface area contributed by atoms with Gasteiger partial charge in [0.1, 0.15) is 11.5 Å². The monoisotopic (exact) mass is 279 g/mol. The average molecular weight is 279 g/mol. The first-order valence-corrected chi connectivity index (χ1v) is 7.41. The van der Waals surface area contributed by atoms with Gasteiger partial charge in [-0.25, -0.2) is 4.98 Å². The predicted octanol–water partition coefficient (Wildman–Crippen LogP) is 3.15. The number of nitrogens with zero attached hydrogens (tertiary/aromatic N) is 4. The van der Waals surface area contributed by atoms with Crippen LogP contribution in [0.15, 0.2) is 43.1 Å². The van der Waals surface area contributed by atoms with E-state index < -0.39 is 0 Å². The third-order valence-corrected chi connectivity index (χ3v) is 4.06. The highest BCUT2D eigenvalue weighted by Crippen LogP contribution is 2.31. The highest BCUT2D eigenvalue weighted by atomic mass is 15.2. The second-order valence-electron chi connectivity index (χ2n) is 5.48. The fraction of sp³-hybridized carbons (Fsp3) is 0.312. The Morgan fingerprint density at radius 1 is 1.10 bits per heavy atom. The van der Waals surface area contributed by atoms with Crippen LogP contribution in [0.2, 0.25) is 0 Å². The summed E-state index contributed by atoms with van der Waals surface area (Å²) in [6.07, 6.45) is 14.2. The van der Waals surface area contributed by atoms with Crippen molar-refractivity contribution in [2.24, 2.45) is 0 Å². The van der Waals surface area contributed by atoms with Gasteiger partial charge in [0.2, 0.25) is 0 Å². The molecule has 3 aromatic rings. The van der Waals surface area contributed by atoms with Crippen LogP contribution >= 0.6 is 0 Å². The predicted molar refractivity (Wildman–Crippen MR) is 82.1 cm³/mol. The molecule has 1 saturated carbocycles. The Hall–Kier alpha value is -2.43. The van der Waals surface area contributed by atoms with E-state index in [2.05, 4.69) is 19.7 Å². The van der Waals surface area contributed by atoms with Crippen molar-refractivity contribution < 1.29 is 0 Å². The summed E-state index contributed by atoms with van der Waals surface area (Å²) in [5.41, 5.74) is 2.83. The van der Waals surface area contributed by atoms with E-state index in [0.29, 0.717) is 6.04 Å². The number of nitrogens with one attached hydrogen (secondary N) is 1. The molecule has 1 fully saturated rings. The lowest BCUT2D eigenvalue weighted by Crippen LogP contribution is -2.16. The molecule has 4 rings (SSSR count). The zero-order valence-electron chi connectivity index (χ0n) is 11.7. The molecule has 0 bridgehead atoms. The molecule has 0 aliphatic heterocycles. The van der Waals surface area contributed by atoms with E-state index in [-0.39, 0.29) is 0 Å². The van der Waals surface area contributed by atoms with Gasteiger partial charge in [-0.3, -0.25) is 14.4 Å². The quantitative estimate of drug-likeness (QED) is 0.800. The van der Waals surface area contributed by atoms with Crippen LogP contribution in [0.1, 0.15) is 25.7 Å². The minimum Gasteiger partial charge on any atom is -0.367 e. The highest BCUT2D eigenvalue weighted by Gasteiger charge is 2.20. The molecule has 0 radical (unpaired) electrons. The fourth-order valence-corrected chi connectivity index (χ4v) is 3.01. The molecular weight excluding hydrogens is 262 g/mol. The Bertz CT molecular complexity index is 744. The highest BCUT2D eigenvalue weighted by molar-refractivity contribution is 5.75. The van der Waals surface area contributed by atoms with Gasteiger partial charge in [0.25, 0.3) is 0 Å². The maximum Gasteiger partial charge on any atom is 0.157 e. The molecule has 3 heterocycles. The second kappa shape index (κ2) is 5.16. The molecule has 1 N–H and O–H groups in total. The Kier molecular flexibility index (Phi) is 3.03. The number of hydrogen-bond donors (Lipinski definition) is 1. The summed E-state index contributed by atoms with van der Waals surface area (Å²) in [5.74, 6) is 1.05. The van der Waals surface area contributed by atoms with Crippen molar-refractivity contribution in [2.45, 2.75) is 31.7 Å². The Morgan fingerprint density at radius 3 is 2.76 bits per heavy atom. The molecule has 5 heteroatoms. The van der Waals surface area contributed by atoms with Gasteiger partial charge in [-0.05, 0) is 25.0 Å². The lowest BCUT2D eigenvalue weighted by molar-refractivity contribution is 0.749. The third kappa shape index (κ3) is 2.24. The summed E-state index contributed by atoms with van der Waals surface area (Å²) >= 11 is 0. The van der Waals surface area contributed by atoms with Gasteiger partial charge in [-0.1, -0.05) is 12.8 Å². The minimum absolute atomic E-state index is 0.536. The van der Waals surface area contributed by atoms with Crippen LogP contribution in [-0.4, -0.2) is 25.4 Å². The SMILES string of the molecule is c1cncc(-c2nc3cnccn3c2NC2CCCC2)c1. The lowest BCUT2D eigenvalue weighted by Gasteiger charge is -2.14. The van der Waals surface area contributed by atoms with E-state index in [9.17, 15) is 0 Å². The summed E-state index contributed by atoms with van der Waals surface area (Å²) in [7, 11) is 0. The van der Waals surface area contributed by atoms with Crippen molar-refractivity contribution in [2.75, 3.05) is 5.32 Å². The smallest absolute Gasteiger partial charge is 0.157 e. The molecule has 0 saturated heterocycles. The fourth-order valence-electron chi connectivity index (χ4n) is 3.01. The van der Waals surface area contributed by atoms with Crippen LogP contribution in [0.4, 0.5) is 5.82 Å². The zero-order valence-corrected chi connectivity index (χ0v) is 11.7. The van der Waals surface area contributed by atoms with Crippen LogP contribution in [-0.2, 0) is 0 Å². The molecule has 5 nitrogen and oxygen atoms in total. The van der Waals surface area contributed by atoms with Gasteiger partial charge in [0.05, 0.1) is 6.20 Å². The number of hydrogen-bond acceptors (Lipinski definition) is 4. The van der Waals surface area contributed by atoms with Crippen molar-refractivity contribution in [3.05, 3.63) is 43.1 Å². The van der Waals surface area contributed by atoms with E-state index in [0.717, 1.165) is 22.7 Å². The summed E-state index contributed by atoms with van der Waals surface area (Å²) in [4.78, 5) is 13.1. The first-order chi connectivity index (χ1) is 10.4. The largest absolute Gasteiger partial charge is 0.367 e. The van der Waals surface area contributed by atoms with Crippen LogP contribution < -0.4 is 5.32 Å². The summed E-state index contributed by atoms with van der Waals surface area (Å²) < 4.78 is 2.08. The topological polar surface area (TPSA) is 55.1 Å². The van der Waals surface area contributed by atoms with Gasteiger partial charge in [-0.15, -0.1) is 0 Å². The average Bonchev–Trinajstić information content (AvgIpc) is 3.17. The molecule has 0 spiro atoms. The van der Waals surface area contributed by atoms with Crippen molar-refractivity contribution in [1.82, 2.24) is 19.4 Å². The Labute approximate surface area is 123 Å². The van der Waals surface area contributed by atoms with Crippen molar-refractivity contribution in [3.63, 3.8) is 0 Å². The standard InChI is InChI=1S/C16H17N5/c1-2-6-13(5-1)19-16-15(12-4-3-7-17-10-12)20-14-11-18-8-9-21(14)16/h3-4,7-11,13,19H,1-2,5-6H2. The molecule has 1 aliphatic rings. The summed E-state index contributed by atoms with van der Waals surface area (Å²) in [6, 6.07) is 4.52. The number of rotatable bonds is 3. The maximum absolute atomic E-state index is 4.72. The molecule has 106 valence electrons. The van der Waals surface area contributed by atoms with Gasteiger partial charge in [-0.2, -0.15) is 0 Å². The number of imidazole rings is 1. The number of aromatic nitrogens is 4. The van der Waals surface area contributed by atoms with E-state index in [1.165, 1.54) is 25.7 Å². The van der Waals surface area contributed by atoms with Crippen molar-refractivity contribution >= 4 is 11.5 Å². The van der Waals surface area contributed by atoms with E-state index in [1.54, 1.807) is 18.6 Å². The molecular formula is C16H17N5. The number of pyridine rings is 1. The number of anilines is 1. The first-order valence-electron chi connectivity index (χ1n) is 7.41. The maximum atomic E-state index is 4.72. The van der Waals surface area contributed by atoms with E-state index in [1.807, 2.05) is 24.5 Å². The normalized spacial score (nSPS) is 15.6. The molecule has 0 amide bonds. The van der Waals surface area contributed by atoms with Gasteiger partial charge >= 0.3 is 0 Å². The zero-order chi connectivity index (χ0) is 14.1. The second-order valence-corrected chi connectivity index (χ2v) is 5.48. The molecule has 0 atom stereocenters. The summed E-state index contributed by atoms with van der Waals surface area (Å²) in [6.45, 7) is 0. The molecule has 3 aromatic heterocycles. The first kappa shape index (κ1) is 12.3. The molecule has 1 aliphatic carbocycles. The van der Waals surface area contributed by atoms with Crippen molar-refractivity contribution in [1.29, 1.82) is 0 Å². The molecule has 21 heavy (non-hydrogen) atoms. The van der Waals surface area contributed by atoms with Crippen LogP contribution in [0.25, 0.3) is 16.9 Å². The Morgan fingerprint density at radius 2 is 1.95 bits per heavy atom. The number of fused-ring (bicyclic) bond motifs is 1. The van der Waals surface area contributed by atoms with Gasteiger partial charge in [0.15, 0.2) is 5.65 Å². The molecule has 0 unspecified atom stereocenters. The molecule has 0 aromatic carbocycles. The summed E-state index contributed by atoms with van der Waals surface area (Å²) in [5, 5.41) is 3.68. The van der Waals surface area contributed by atoms with Crippen LogP contribution in [0.5, 0.6) is 0 Å². The third-order valence-electron chi connectivity index (χ3n) is 4.06. The van der Waals surface area contributed by atoms with Crippen LogP contribution in [0, 0.1) is 0 Å². The lowest BCUT2D eigenvalue weighted by atomic mass is 10.2. The van der Waals surface area contributed by atoms with Crippen LogP contribution in [0.3, 0.4) is 0 Å². The van der Waals surface area contributed by atoms with E-state index in [4.69, 9.17) is 4.98 Å². The van der Waals surface area contributed by atoms with Gasteiger partial charge < -0.3 is 5.32 Å².